The number of aromatic nitrogens is 1. The summed E-state index contributed by atoms with van der Waals surface area (Å²) < 4.78 is 16.9. The van der Waals surface area contributed by atoms with Crippen LogP contribution in [0.25, 0.3) is 0 Å². The van der Waals surface area contributed by atoms with Crippen LogP contribution in [0.2, 0.25) is 0 Å². The molecule has 0 aliphatic heterocycles. The largest absolute Gasteiger partial charge is 0.462 e. The van der Waals surface area contributed by atoms with Crippen LogP contribution in [0.1, 0.15) is 67.3 Å². The molecule has 1 heterocycles. The molecule has 39 heavy (non-hydrogen) atoms. The van der Waals surface area contributed by atoms with Crippen molar-refractivity contribution < 1.29 is 28.9 Å². The number of rotatable bonds is 8. The maximum absolute atomic E-state index is 13.3. The van der Waals surface area contributed by atoms with Gasteiger partial charge in [-0.15, -0.1) is 0 Å². The standard InChI is InChI=1S/C31H36N2O6/c1-5-37-29(35)22-8-6-10-26(17-22)38-27-14-12-21-11-13-25(16-24(21)18-27)33(30(36)39-31(2,3)4)20-28(34)23-9-7-15-32-19-23/h6-10,12,14-15,17-19,25,28,34H,5,11,13,16,20H2,1-4H3/t25-,28-/m0/s1. The van der Waals surface area contributed by atoms with Crippen molar-refractivity contribution in [2.24, 2.45) is 0 Å². The van der Waals surface area contributed by atoms with E-state index in [1.54, 1.807) is 60.6 Å². The minimum absolute atomic E-state index is 0.0947. The molecular formula is C31H36N2O6. The first-order valence-corrected chi connectivity index (χ1v) is 13.3. The summed E-state index contributed by atoms with van der Waals surface area (Å²) in [5.74, 6) is 0.768. The molecule has 0 bridgehead atoms. The highest BCUT2D eigenvalue weighted by molar-refractivity contribution is 5.89. The van der Waals surface area contributed by atoms with Gasteiger partial charge < -0.3 is 24.2 Å². The predicted molar refractivity (Wildman–Crippen MR) is 147 cm³/mol. The molecule has 0 spiro atoms. The number of pyridine rings is 1. The van der Waals surface area contributed by atoms with Crippen molar-refractivity contribution in [3.05, 3.63) is 89.2 Å². The Morgan fingerprint density at radius 3 is 2.59 bits per heavy atom. The Morgan fingerprint density at radius 1 is 1.08 bits per heavy atom. The third-order valence-electron chi connectivity index (χ3n) is 6.47. The van der Waals surface area contributed by atoms with E-state index in [-0.39, 0.29) is 12.6 Å². The summed E-state index contributed by atoms with van der Waals surface area (Å²) in [7, 11) is 0. The average molecular weight is 533 g/mol. The molecule has 8 heteroatoms. The lowest BCUT2D eigenvalue weighted by molar-refractivity contribution is 0.00190. The summed E-state index contributed by atoms with van der Waals surface area (Å²) in [5, 5.41) is 10.9. The van der Waals surface area contributed by atoms with E-state index in [1.165, 1.54) is 5.56 Å². The van der Waals surface area contributed by atoms with Crippen LogP contribution in [0.15, 0.2) is 67.0 Å². The number of nitrogens with zero attached hydrogens (tertiary/aromatic N) is 2. The number of carbonyl (C=O) groups excluding carboxylic acids is 2. The number of amides is 1. The van der Waals surface area contributed by atoms with Gasteiger partial charge in [0.25, 0.3) is 0 Å². The highest BCUT2D eigenvalue weighted by Gasteiger charge is 2.33. The molecule has 8 nitrogen and oxygen atoms in total. The summed E-state index contributed by atoms with van der Waals surface area (Å²) in [5.41, 5.74) is 2.65. The van der Waals surface area contributed by atoms with Gasteiger partial charge in [0, 0.05) is 24.0 Å². The fourth-order valence-corrected chi connectivity index (χ4v) is 4.64. The van der Waals surface area contributed by atoms with Gasteiger partial charge >= 0.3 is 12.1 Å². The van der Waals surface area contributed by atoms with Gasteiger partial charge in [-0.25, -0.2) is 9.59 Å². The minimum Gasteiger partial charge on any atom is -0.462 e. The quantitative estimate of drug-likeness (QED) is 0.362. The lowest BCUT2D eigenvalue weighted by Gasteiger charge is -2.37. The molecule has 3 aromatic rings. The second-order valence-corrected chi connectivity index (χ2v) is 10.6. The van der Waals surface area contributed by atoms with Crippen molar-refractivity contribution in [3.63, 3.8) is 0 Å². The van der Waals surface area contributed by atoms with Crippen LogP contribution in [0.3, 0.4) is 0 Å². The van der Waals surface area contributed by atoms with Crippen LogP contribution < -0.4 is 4.74 Å². The number of esters is 1. The van der Waals surface area contributed by atoms with E-state index in [2.05, 4.69) is 4.98 Å². The Hall–Kier alpha value is -3.91. The number of hydrogen-bond donors (Lipinski definition) is 1. The number of benzene rings is 2. The first kappa shape index (κ1) is 28.1. The normalized spacial score (nSPS) is 15.6. The SMILES string of the molecule is CCOC(=O)c1cccc(Oc2ccc3c(c2)C[C@@H](N(C[C@H](O)c2cccnc2)C(=O)OC(C)(C)C)CC3)c1. The molecule has 0 fully saturated rings. The molecule has 2 aromatic carbocycles. The van der Waals surface area contributed by atoms with Crippen LogP contribution in [-0.4, -0.2) is 51.8 Å². The fraction of sp³-hybridized carbons (Fsp3) is 0.387. The smallest absolute Gasteiger partial charge is 0.410 e. The molecule has 0 radical (unpaired) electrons. The molecule has 4 rings (SSSR count). The van der Waals surface area contributed by atoms with Crippen LogP contribution in [0.4, 0.5) is 4.79 Å². The van der Waals surface area contributed by atoms with Crippen LogP contribution >= 0.6 is 0 Å². The van der Waals surface area contributed by atoms with Crippen LogP contribution in [0.5, 0.6) is 11.5 Å². The monoisotopic (exact) mass is 532 g/mol. The third kappa shape index (κ3) is 7.57. The Morgan fingerprint density at radius 2 is 1.87 bits per heavy atom. The Labute approximate surface area is 229 Å². The molecule has 0 saturated carbocycles. The number of aryl methyl sites for hydroxylation is 1. The van der Waals surface area contributed by atoms with Gasteiger partial charge in [0.1, 0.15) is 17.1 Å². The maximum atomic E-state index is 13.3. The predicted octanol–water partition coefficient (Wildman–Crippen LogP) is 5.88. The second-order valence-electron chi connectivity index (χ2n) is 10.6. The van der Waals surface area contributed by atoms with Crippen molar-refractivity contribution >= 4 is 12.1 Å². The first-order valence-electron chi connectivity index (χ1n) is 13.3. The summed E-state index contributed by atoms with van der Waals surface area (Å²) in [6, 6.07) is 16.2. The van der Waals surface area contributed by atoms with Gasteiger partial charge in [-0.3, -0.25) is 4.98 Å². The topological polar surface area (TPSA) is 98.2 Å². The van der Waals surface area contributed by atoms with Crippen molar-refractivity contribution in [2.75, 3.05) is 13.2 Å². The summed E-state index contributed by atoms with van der Waals surface area (Å²) >= 11 is 0. The molecule has 1 aliphatic rings. The summed E-state index contributed by atoms with van der Waals surface area (Å²) in [4.78, 5) is 31.1. The van der Waals surface area contributed by atoms with E-state index in [0.717, 1.165) is 18.4 Å². The van der Waals surface area contributed by atoms with E-state index in [0.29, 0.717) is 35.7 Å². The van der Waals surface area contributed by atoms with E-state index >= 15 is 0 Å². The molecule has 1 aliphatic carbocycles. The number of hydrogen-bond acceptors (Lipinski definition) is 7. The molecule has 0 saturated heterocycles. The molecule has 2 atom stereocenters. The van der Waals surface area contributed by atoms with Crippen molar-refractivity contribution in [3.8, 4) is 11.5 Å². The van der Waals surface area contributed by atoms with E-state index < -0.39 is 23.8 Å². The highest BCUT2D eigenvalue weighted by atomic mass is 16.6. The minimum atomic E-state index is -0.894. The molecule has 1 N–H and O–H groups in total. The number of aliphatic hydroxyl groups excluding tert-OH is 1. The molecule has 206 valence electrons. The lowest BCUT2D eigenvalue weighted by atomic mass is 9.87. The molecular weight excluding hydrogens is 496 g/mol. The van der Waals surface area contributed by atoms with Gasteiger partial charge in [0.2, 0.25) is 0 Å². The molecule has 1 aromatic heterocycles. The van der Waals surface area contributed by atoms with Crippen molar-refractivity contribution in [2.45, 2.75) is 64.7 Å². The van der Waals surface area contributed by atoms with Gasteiger partial charge in [0.05, 0.1) is 24.8 Å². The van der Waals surface area contributed by atoms with E-state index in [4.69, 9.17) is 14.2 Å². The van der Waals surface area contributed by atoms with Crippen molar-refractivity contribution in [1.29, 1.82) is 0 Å². The van der Waals surface area contributed by atoms with E-state index in [9.17, 15) is 14.7 Å². The maximum Gasteiger partial charge on any atom is 0.410 e. The molecule has 1 amide bonds. The third-order valence-corrected chi connectivity index (χ3v) is 6.47. The fourth-order valence-electron chi connectivity index (χ4n) is 4.64. The average Bonchev–Trinajstić information content (AvgIpc) is 2.91. The zero-order chi connectivity index (χ0) is 28.0. The van der Waals surface area contributed by atoms with Gasteiger partial charge in [-0.05, 0) is 94.5 Å². The number of fused-ring (bicyclic) bond motifs is 1. The Kier molecular flexibility index (Phi) is 8.86. The second kappa shape index (κ2) is 12.3. The number of ether oxygens (including phenoxy) is 3. The van der Waals surface area contributed by atoms with Gasteiger partial charge in [-0.2, -0.15) is 0 Å². The summed E-state index contributed by atoms with van der Waals surface area (Å²) in [6.45, 7) is 7.65. The number of aliphatic hydroxyl groups is 1. The zero-order valence-electron chi connectivity index (χ0n) is 22.9. The Balaban J connectivity index is 1.53. The van der Waals surface area contributed by atoms with E-state index in [1.807, 2.05) is 39.0 Å². The Bertz CT molecular complexity index is 1290. The zero-order valence-corrected chi connectivity index (χ0v) is 22.9. The van der Waals surface area contributed by atoms with Gasteiger partial charge in [-0.1, -0.05) is 18.2 Å². The first-order chi connectivity index (χ1) is 18.6. The van der Waals surface area contributed by atoms with Crippen molar-refractivity contribution in [1.82, 2.24) is 9.88 Å². The number of carbonyl (C=O) groups is 2. The molecule has 0 unspecified atom stereocenters. The summed E-state index contributed by atoms with van der Waals surface area (Å²) in [6.07, 6.45) is 4.01. The van der Waals surface area contributed by atoms with Crippen LogP contribution in [-0.2, 0) is 22.3 Å². The highest BCUT2D eigenvalue weighted by Crippen LogP contribution is 2.32. The van der Waals surface area contributed by atoms with Gasteiger partial charge in [0.15, 0.2) is 0 Å². The van der Waals surface area contributed by atoms with Crippen LogP contribution in [0, 0.1) is 0 Å². The lowest BCUT2D eigenvalue weighted by Crippen LogP contribution is -2.47.